The van der Waals surface area contributed by atoms with Crippen molar-refractivity contribution in [2.75, 3.05) is 5.75 Å². The van der Waals surface area contributed by atoms with Crippen LogP contribution in [0, 0.1) is 0 Å². The van der Waals surface area contributed by atoms with Crippen molar-refractivity contribution in [2.24, 2.45) is 5.73 Å². The molecule has 0 atom stereocenters. The summed E-state index contributed by atoms with van der Waals surface area (Å²) in [5.74, 6) is 0.115. The number of thioether (sulfide) groups is 1. The van der Waals surface area contributed by atoms with Gasteiger partial charge in [-0.25, -0.2) is 9.78 Å². The summed E-state index contributed by atoms with van der Waals surface area (Å²) in [6, 6.07) is 7.00. The van der Waals surface area contributed by atoms with Gasteiger partial charge in [-0.3, -0.25) is 14.7 Å². The van der Waals surface area contributed by atoms with Crippen LogP contribution >= 0.6 is 27.7 Å². The molecule has 0 aliphatic heterocycles. The molecule has 0 bridgehead atoms. The summed E-state index contributed by atoms with van der Waals surface area (Å²) in [6.45, 7) is 0. The average Bonchev–Trinajstić information content (AvgIpc) is 2.87. The van der Waals surface area contributed by atoms with Crippen LogP contribution in [0.5, 0.6) is 0 Å². The number of imide groups is 1. The van der Waals surface area contributed by atoms with Crippen molar-refractivity contribution >= 4 is 39.6 Å². The van der Waals surface area contributed by atoms with E-state index in [0.29, 0.717) is 5.75 Å². The third kappa shape index (κ3) is 4.61. The van der Waals surface area contributed by atoms with Crippen LogP contribution in [-0.2, 0) is 4.79 Å². The van der Waals surface area contributed by atoms with E-state index in [1.807, 2.05) is 40.3 Å². The zero-order chi connectivity index (χ0) is 15.2. The van der Waals surface area contributed by atoms with E-state index in [2.05, 4.69) is 20.9 Å². The van der Waals surface area contributed by atoms with Gasteiger partial charge in [0.2, 0.25) is 5.91 Å². The lowest BCUT2D eigenvalue weighted by Crippen LogP contribution is -2.35. The molecule has 6 nitrogen and oxygen atoms in total. The molecule has 3 N–H and O–H groups in total. The van der Waals surface area contributed by atoms with Crippen molar-refractivity contribution in [1.29, 1.82) is 0 Å². The van der Waals surface area contributed by atoms with Gasteiger partial charge < -0.3 is 5.73 Å². The molecule has 21 heavy (non-hydrogen) atoms. The number of carbonyl (C=O) groups excluding carboxylic acids is 2. The minimum atomic E-state index is -0.832. The van der Waals surface area contributed by atoms with Crippen LogP contribution in [0.4, 0.5) is 4.79 Å². The molecule has 110 valence electrons. The smallest absolute Gasteiger partial charge is 0.318 e. The molecule has 0 fully saturated rings. The number of imidazole rings is 1. The quantitative estimate of drug-likeness (QED) is 0.792. The van der Waals surface area contributed by atoms with Gasteiger partial charge in [-0.15, -0.1) is 0 Å². The van der Waals surface area contributed by atoms with E-state index >= 15 is 0 Å². The maximum Gasteiger partial charge on any atom is 0.318 e. The Morgan fingerprint density at radius 2 is 2.05 bits per heavy atom. The second-order valence-corrected chi connectivity index (χ2v) is 6.04. The van der Waals surface area contributed by atoms with Gasteiger partial charge >= 0.3 is 6.03 Å². The molecule has 0 radical (unpaired) electrons. The van der Waals surface area contributed by atoms with Gasteiger partial charge in [0.15, 0.2) is 5.16 Å². The number of rotatable bonds is 5. The first-order valence-electron chi connectivity index (χ1n) is 6.07. The van der Waals surface area contributed by atoms with E-state index in [1.54, 1.807) is 6.20 Å². The number of hydrogen-bond acceptors (Lipinski definition) is 4. The molecule has 2 rings (SSSR count). The van der Waals surface area contributed by atoms with Gasteiger partial charge in [0, 0.05) is 34.7 Å². The van der Waals surface area contributed by atoms with E-state index < -0.39 is 11.9 Å². The normalized spacial score (nSPS) is 10.3. The van der Waals surface area contributed by atoms with E-state index in [0.717, 1.165) is 15.3 Å². The van der Waals surface area contributed by atoms with Crippen LogP contribution in [-0.4, -0.2) is 27.2 Å². The third-order valence-electron chi connectivity index (χ3n) is 2.53. The van der Waals surface area contributed by atoms with Gasteiger partial charge in [-0.2, -0.15) is 0 Å². The van der Waals surface area contributed by atoms with Crippen molar-refractivity contribution in [2.45, 2.75) is 11.6 Å². The van der Waals surface area contributed by atoms with Crippen molar-refractivity contribution in [3.8, 4) is 5.69 Å². The molecule has 1 aromatic heterocycles. The number of halogens is 1. The topological polar surface area (TPSA) is 90.0 Å². The van der Waals surface area contributed by atoms with Gasteiger partial charge in [0.05, 0.1) is 0 Å². The van der Waals surface area contributed by atoms with E-state index in [9.17, 15) is 9.59 Å². The van der Waals surface area contributed by atoms with Crippen molar-refractivity contribution < 1.29 is 9.59 Å². The number of hydrogen-bond donors (Lipinski definition) is 2. The zero-order valence-electron chi connectivity index (χ0n) is 11.0. The predicted octanol–water partition coefficient (Wildman–Crippen LogP) is 2.31. The number of nitrogens with two attached hydrogens (primary N) is 1. The van der Waals surface area contributed by atoms with Crippen LogP contribution in [0.3, 0.4) is 0 Å². The maximum atomic E-state index is 11.3. The highest BCUT2D eigenvalue weighted by Crippen LogP contribution is 2.22. The summed E-state index contributed by atoms with van der Waals surface area (Å²) in [6.07, 6.45) is 3.75. The molecule has 8 heteroatoms. The molecule has 2 aromatic rings. The fourth-order valence-electron chi connectivity index (χ4n) is 1.63. The number of aromatic nitrogens is 2. The number of nitrogens with one attached hydrogen (secondary N) is 1. The van der Waals surface area contributed by atoms with Crippen LogP contribution in [0.15, 0.2) is 46.3 Å². The van der Waals surface area contributed by atoms with E-state index in [1.165, 1.54) is 11.8 Å². The highest BCUT2D eigenvalue weighted by Gasteiger charge is 2.08. The van der Waals surface area contributed by atoms with Gasteiger partial charge in [0.1, 0.15) is 0 Å². The number of urea groups is 1. The fourth-order valence-corrected chi connectivity index (χ4v) is 2.80. The summed E-state index contributed by atoms with van der Waals surface area (Å²) in [5, 5.41) is 2.81. The highest BCUT2D eigenvalue weighted by atomic mass is 79.9. The van der Waals surface area contributed by atoms with Crippen molar-refractivity contribution in [3.63, 3.8) is 0 Å². The summed E-state index contributed by atoms with van der Waals surface area (Å²) < 4.78 is 2.94. The summed E-state index contributed by atoms with van der Waals surface area (Å²) >= 11 is 4.83. The lowest BCUT2D eigenvalue weighted by Gasteiger charge is -2.07. The first kappa shape index (κ1) is 15.6. The lowest BCUT2D eigenvalue weighted by molar-refractivity contribution is -0.119. The number of carbonyl (C=O) groups is 2. The van der Waals surface area contributed by atoms with Crippen molar-refractivity contribution in [1.82, 2.24) is 14.9 Å². The maximum absolute atomic E-state index is 11.3. The average molecular weight is 369 g/mol. The predicted molar refractivity (Wildman–Crippen MR) is 84.3 cm³/mol. The number of benzene rings is 1. The Hall–Kier alpha value is -1.80. The van der Waals surface area contributed by atoms with Gasteiger partial charge in [-0.05, 0) is 24.3 Å². The minimum absolute atomic E-state index is 0.195. The molecule has 0 spiro atoms. The van der Waals surface area contributed by atoms with E-state index in [4.69, 9.17) is 5.73 Å². The monoisotopic (exact) mass is 368 g/mol. The summed E-state index contributed by atoms with van der Waals surface area (Å²) in [4.78, 5) is 26.1. The lowest BCUT2D eigenvalue weighted by atomic mass is 10.3. The number of amides is 3. The van der Waals surface area contributed by atoms with Crippen LogP contribution in [0.2, 0.25) is 0 Å². The molecule has 1 heterocycles. The largest absolute Gasteiger partial charge is 0.351 e. The van der Waals surface area contributed by atoms with Crippen LogP contribution in [0.25, 0.3) is 5.69 Å². The Morgan fingerprint density at radius 3 is 2.71 bits per heavy atom. The Balaban J connectivity index is 1.96. The fraction of sp³-hybridized carbons (Fsp3) is 0.154. The SMILES string of the molecule is NC(=O)NC(=O)CCSc1nccn1-c1ccc(Br)cc1. The first-order valence-corrected chi connectivity index (χ1v) is 7.85. The second-order valence-electron chi connectivity index (χ2n) is 4.07. The molecule has 1 aromatic carbocycles. The first-order chi connectivity index (χ1) is 10.1. The molecular formula is C13H13BrN4O2S. The molecule has 0 saturated heterocycles. The Morgan fingerprint density at radius 1 is 1.33 bits per heavy atom. The molecule has 0 aliphatic carbocycles. The molecular weight excluding hydrogens is 356 g/mol. The summed E-state index contributed by atoms with van der Waals surface area (Å²) in [7, 11) is 0. The van der Waals surface area contributed by atoms with Crippen molar-refractivity contribution in [3.05, 3.63) is 41.1 Å². The molecule has 0 saturated carbocycles. The second kappa shape index (κ2) is 7.28. The number of nitrogens with zero attached hydrogens (tertiary/aromatic N) is 2. The molecule has 0 unspecified atom stereocenters. The minimum Gasteiger partial charge on any atom is -0.351 e. The molecule has 3 amide bonds. The standard InChI is InChI=1S/C13H13BrN4O2S/c14-9-1-3-10(4-2-9)18-7-6-16-13(18)21-8-5-11(19)17-12(15)20/h1-4,6-7H,5,8H2,(H3,15,17,19,20). The van der Waals surface area contributed by atoms with Gasteiger partial charge in [0.25, 0.3) is 0 Å². The summed E-state index contributed by atoms with van der Waals surface area (Å²) in [5.41, 5.74) is 5.86. The molecule has 0 aliphatic rings. The third-order valence-corrected chi connectivity index (χ3v) is 4.03. The van der Waals surface area contributed by atoms with Gasteiger partial charge in [-0.1, -0.05) is 27.7 Å². The highest BCUT2D eigenvalue weighted by molar-refractivity contribution is 9.10. The van der Waals surface area contributed by atoms with Crippen LogP contribution in [0.1, 0.15) is 6.42 Å². The Labute approximate surface area is 134 Å². The Kier molecular flexibility index (Phi) is 5.40. The van der Waals surface area contributed by atoms with Crippen LogP contribution < -0.4 is 11.1 Å². The Bertz CT molecular complexity index is 642. The zero-order valence-corrected chi connectivity index (χ0v) is 13.4. The number of primary amides is 1. The van der Waals surface area contributed by atoms with E-state index in [-0.39, 0.29) is 6.42 Å².